The molecule has 3 rings (SSSR count). The van der Waals surface area contributed by atoms with Crippen molar-refractivity contribution in [1.82, 2.24) is 10.2 Å². The summed E-state index contributed by atoms with van der Waals surface area (Å²) in [5, 5.41) is 3.23. The number of morpholine rings is 1. The van der Waals surface area contributed by atoms with Gasteiger partial charge in [0.05, 0.1) is 13.7 Å². The average Bonchev–Trinajstić information content (AvgIpc) is 2.72. The number of carbonyl (C=O) groups is 1. The number of amides is 1. The maximum Gasteiger partial charge on any atom is 0.253 e. The minimum absolute atomic E-state index is 0. The summed E-state index contributed by atoms with van der Waals surface area (Å²) in [7, 11) is 1.68. The predicted molar refractivity (Wildman–Crippen MR) is 114 cm³/mol. The Morgan fingerprint density at radius 3 is 2.54 bits per heavy atom. The fraction of sp³-hybridized carbons (Fsp3) is 0.409. The number of hydrogen-bond acceptors (Lipinski definition) is 4. The lowest BCUT2D eigenvalue weighted by Gasteiger charge is -2.32. The lowest BCUT2D eigenvalue weighted by molar-refractivity contribution is -0.147. The fourth-order valence-electron chi connectivity index (χ4n) is 3.29. The molecule has 1 atom stereocenters. The van der Waals surface area contributed by atoms with Crippen LogP contribution in [0.4, 0.5) is 0 Å². The first-order valence-electron chi connectivity index (χ1n) is 9.45. The lowest BCUT2D eigenvalue weighted by atomic mass is 10.0. The molecule has 152 valence electrons. The minimum Gasteiger partial charge on any atom is -0.496 e. The molecule has 0 aliphatic carbocycles. The molecule has 1 unspecified atom stereocenters. The first-order chi connectivity index (χ1) is 13.1. The first kappa shape index (κ1) is 22.2. The number of rotatable bonds is 6. The number of benzene rings is 2. The Hall–Kier alpha value is -2.08. The molecular formula is C22H29ClN2O3. The normalized spacial score (nSPS) is 16.4. The van der Waals surface area contributed by atoms with Gasteiger partial charge in [-0.3, -0.25) is 4.79 Å². The van der Waals surface area contributed by atoms with Gasteiger partial charge in [0.25, 0.3) is 5.91 Å². The summed E-state index contributed by atoms with van der Waals surface area (Å²) in [5.41, 5.74) is 3.25. The molecule has 1 aliphatic rings. The number of para-hydroxylation sites is 1. The van der Waals surface area contributed by atoms with Crippen LogP contribution in [-0.4, -0.2) is 49.8 Å². The molecule has 28 heavy (non-hydrogen) atoms. The number of nitrogens with one attached hydrogen (secondary N) is 1. The van der Waals surface area contributed by atoms with E-state index >= 15 is 0 Å². The van der Waals surface area contributed by atoms with Crippen molar-refractivity contribution < 1.29 is 14.3 Å². The van der Waals surface area contributed by atoms with Crippen molar-refractivity contribution in [3.8, 4) is 16.9 Å². The van der Waals surface area contributed by atoms with Crippen molar-refractivity contribution in [3.05, 3.63) is 54.1 Å². The number of nitrogens with zero attached hydrogens (tertiary/aromatic N) is 1. The summed E-state index contributed by atoms with van der Waals surface area (Å²) >= 11 is 0. The maximum absolute atomic E-state index is 12.9. The van der Waals surface area contributed by atoms with Gasteiger partial charge in [0, 0.05) is 31.2 Å². The summed E-state index contributed by atoms with van der Waals surface area (Å²) in [6.07, 6.45) is -0.394. The number of methoxy groups -OCH3 is 1. The largest absolute Gasteiger partial charge is 0.496 e. The second-order valence-electron chi connectivity index (χ2n) is 7.02. The summed E-state index contributed by atoms with van der Waals surface area (Å²) in [4.78, 5) is 14.7. The van der Waals surface area contributed by atoms with E-state index in [4.69, 9.17) is 9.47 Å². The Balaban J connectivity index is 0.00000280. The Bertz CT molecular complexity index is 759. The molecule has 0 aromatic heterocycles. The van der Waals surface area contributed by atoms with E-state index in [9.17, 15) is 4.79 Å². The van der Waals surface area contributed by atoms with Crippen LogP contribution in [0.3, 0.4) is 0 Å². The van der Waals surface area contributed by atoms with Crippen LogP contribution >= 0.6 is 12.4 Å². The fourth-order valence-corrected chi connectivity index (χ4v) is 3.29. The number of halogens is 1. The molecule has 2 aromatic rings. The Morgan fingerprint density at radius 1 is 1.21 bits per heavy atom. The van der Waals surface area contributed by atoms with E-state index < -0.39 is 6.10 Å². The third-order valence-electron chi connectivity index (χ3n) is 4.83. The lowest BCUT2D eigenvalue weighted by Crippen LogP contribution is -2.50. The van der Waals surface area contributed by atoms with E-state index in [-0.39, 0.29) is 24.4 Å². The van der Waals surface area contributed by atoms with Crippen LogP contribution in [0.5, 0.6) is 5.75 Å². The summed E-state index contributed by atoms with van der Waals surface area (Å²) < 4.78 is 11.1. The molecular weight excluding hydrogens is 376 g/mol. The van der Waals surface area contributed by atoms with Gasteiger partial charge in [0.2, 0.25) is 0 Å². The van der Waals surface area contributed by atoms with Crippen LogP contribution in [-0.2, 0) is 16.1 Å². The van der Waals surface area contributed by atoms with Crippen molar-refractivity contribution in [2.24, 2.45) is 0 Å². The maximum atomic E-state index is 12.9. The molecule has 1 fully saturated rings. The van der Waals surface area contributed by atoms with E-state index in [0.29, 0.717) is 19.7 Å². The molecule has 6 heteroatoms. The topological polar surface area (TPSA) is 50.8 Å². The molecule has 1 heterocycles. The highest BCUT2D eigenvalue weighted by molar-refractivity contribution is 5.85. The molecule has 5 nitrogen and oxygen atoms in total. The highest BCUT2D eigenvalue weighted by Crippen LogP contribution is 2.29. The molecule has 0 bridgehead atoms. The molecule has 2 aromatic carbocycles. The van der Waals surface area contributed by atoms with Crippen molar-refractivity contribution in [2.45, 2.75) is 32.5 Å². The molecule has 1 N–H and O–H groups in total. The van der Waals surface area contributed by atoms with E-state index in [0.717, 1.165) is 29.0 Å². The molecule has 1 aliphatic heterocycles. The highest BCUT2D eigenvalue weighted by Gasteiger charge is 2.28. The minimum atomic E-state index is -0.394. The van der Waals surface area contributed by atoms with Gasteiger partial charge in [0.1, 0.15) is 11.9 Å². The predicted octanol–water partition coefficient (Wildman–Crippen LogP) is 3.51. The van der Waals surface area contributed by atoms with Gasteiger partial charge >= 0.3 is 0 Å². The molecule has 1 saturated heterocycles. The summed E-state index contributed by atoms with van der Waals surface area (Å²) in [6, 6.07) is 16.4. The van der Waals surface area contributed by atoms with Crippen LogP contribution < -0.4 is 10.1 Å². The quantitative estimate of drug-likeness (QED) is 0.800. The Morgan fingerprint density at radius 2 is 1.93 bits per heavy atom. The van der Waals surface area contributed by atoms with Crippen molar-refractivity contribution in [2.75, 3.05) is 26.8 Å². The highest BCUT2D eigenvalue weighted by atomic mass is 35.5. The molecule has 1 amide bonds. The standard InChI is InChI=1S/C22H28N2O3.ClH/c1-16(2)24(22(25)21-14-23-12-13-27-21)15-17-8-10-18(11-9-17)19-6-4-5-7-20(19)26-3;/h4-11,16,21,23H,12-15H2,1-3H3;1H. The smallest absolute Gasteiger partial charge is 0.253 e. The second-order valence-corrected chi connectivity index (χ2v) is 7.02. The third kappa shape index (κ3) is 5.25. The summed E-state index contributed by atoms with van der Waals surface area (Å²) in [6.45, 7) is 6.61. The zero-order valence-corrected chi connectivity index (χ0v) is 17.5. The van der Waals surface area contributed by atoms with Gasteiger partial charge in [0.15, 0.2) is 0 Å². The van der Waals surface area contributed by atoms with E-state index in [1.54, 1.807) is 7.11 Å². The van der Waals surface area contributed by atoms with Gasteiger partial charge < -0.3 is 19.7 Å². The van der Waals surface area contributed by atoms with Crippen molar-refractivity contribution in [3.63, 3.8) is 0 Å². The Kier molecular flexibility index (Phi) is 8.30. The van der Waals surface area contributed by atoms with Gasteiger partial charge in [-0.1, -0.05) is 42.5 Å². The molecule has 0 spiro atoms. The van der Waals surface area contributed by atoms with Crippen LogP contribution in [0.15, 0.2) is 48.5 Å². The number of ether oxygens (including phenoxy) is 2. The van der Waals surface area contributed by atoms with Crippen molar-refractivity contribution >= 4 is 18.3 Å². The van der Waals surface area contributed by atoms with Gasteiger partial charge in [-0.25, -0.2) is 0 Å². The van der Waals surface area contributed by atoms with E-state index in [1.807, 2.05) is 43.0 Å². The molecule has 0 radical (unpaired) electrons. The van der Waals surface area contributed by atoms with E-state index in [1.165, 1.54) is 0 Å². The average molecular weight is 405 g/mol. The third-order valence-corrected chi connectivity index (χ3v) is 4.83. The van der Waals surface area contributed by atoms with Gasteiger partial charge in [-0.05, 0) is 31.0 Å². The van der Waals surface area contributed by atoms with Crippen LogP contribution in [0, 0.1) is 0 Å². The van der Waals surface area contributed by atoms with E-state index in [2.05, 4.69) is 29.6 Å². The Labute approximate surface area is 173 Å². The zero-order valence-electron chi connectivity index (χ0n) is 16.7. The number of carbonyl (C=O) groups excluding carboxylic acids is 1. The van der Waals surface area contributed by atoms with Crippen LogP contribution in [0.2, 0.25) is 0 Å². The SMILES string of the molecule is COc1ccccc1-c1ccc(CN(C(=O)C2CNCCO2)C(C)C)cc1.Cl. The van der Waals surface area contributed by atoms with Crippen molar-refractivity contribution in [1.29, 1.82) is 0 Å². The zero-order chi connectivity index (χ0) is 19.2. The second kappa shape index (κ2) is 10.5. The van der Waals surface area contributed by atoms with Gasteiger partial charge in [-0.2, -0.15) is 0 Å². The van der Waals surface area contributed by atoms with Crippen LogP contribution in [0.25, 0.3) is 11.1 Å². The molecule has 0 saturated carbocycles. The van der Waals surface area contributed by atoms with Crippen LogP contribution in [0.1, 0.15) is 19.4 Å². The summed E-state index contributed by atoms with van der Waals surface area (Å²) in [5.74, 6) is 0.900. The first-order valence-corrected chi connectivity index (χ1v) is 9.45. The monoisotopic (exact) mass is 404 g/mol. The number of hydrogen-bond donors (Lipinski definition) is 1. The van der Waals surface area contributed by atoms with Gasteiger partial charge in [-0.15, -0.1) is 12.4 Å².